The number of amides is 1. The third-order valence-corrected chi connectivity index (χ3v) is 5.40. The summed E-state index contributed by atoms with van der Waals surface area (Å²) in [6, 6.07) is 12.6. The van der Waals surface area contributed by atoms with Crippen molar-refractivity contribution in [3.63, 3.8) is 0 Å². The van der Waals surface area contributed by atoms with Crippen LogP contribution in [0.15, 0.2) is 47.6 Å². The van der Waals surface area contributed by atoms with Crippen molar-refractivity contribution < 1.29 is 9.53 Å². The molecule has 0 saturated heterocycles. The Hall–Kier alpha value is -2.61. The van der Waals surface area contributed by atoms with Gasteiger partial charge in [0.1, 0.15) is 17.2 Å². The number of hydrogen-bond donors (Lipinski definition) is 2. The topological polar surface area (TPSA) is 89.6 Å². The maximum absolute atomic E-state index is 12.1. The van der Waals surface area contributed by atoms with E-state index in [-0.39, 0.29) is 12.5 Å². The lowest BCUT2D eigenvalue weighted by Gasteiger charge is -2.09. The van der Waals surface area contributed by atoms with Gasteiger partial charge in [0.15, 0.2) is 5.13 Å². The summed E-state index contributed by atoms with van der Waals surface area (Å²) in [6.07, 6.45) is 1.52. The van der Waals surface area contributed by atoms with Gasteiger partial charge in [0.2, 0.25) is 0 Å². The van der Waals surface area contributed by atoms with E-state index in [0.717, 1.165) is 22.5 Å². The summed E-state index contributed by atoms with van der Waals surface area (Å²) in [5.74, 6) is 0.265. The van der Waals surface area contributed by atoms with Crippen LogP contribution in [0.25, 0.3) is 0 Å². The molecule has 9 heteroatoms. The van der Waals surface area contributed by atoms with Gasteiger partial charge in [-0.05, 0) is 36.8 Å². The molecule has 144 valence electrons. The van der Waals surface area contributed by atoms with E-state index in [0.29, 0.717) is 31.5 Å². The largest absolute Gasteiger partial charge is 0.489 e. The summed E-state index contributed by atoms with van der Waals surface area (Å²) in [6.45, 7) is 1.96. The molecule has 1 aromatic heterocycles. The normalized spacial score (nSPS) is 11.0. The fourth-order valence-electron chi connectivity index (χ4n) is 2.35. The molecule has 1 heterocycles. The number of nitrogen functional groups attached to an aromatic ring is 1. The first-order chi connectivity index (χ1) is 13.4. The van der Waals surface area contributed by atoms with E-state index in [4.69, 9.17) is 33.7 Å². The zero-order valence-corrected chi connectivity index (χ0v) is 17.1. The molecular formula is C19H16Cl2N4O2S. The average molecular weight is 435 g/mol. The molecule has 0 aliphatic heterocycles. The maximum atomic E-state index is 12.1. The monoisotopic (exact) mass is 434 g/mol. The Morgan fingerprint density at radius 2 is 2.00 bits per heavy atom. The van der Waals surface area contributed by atoms with E-state index in [9.17, 15) is 4.79 Å². The van der Waals surface area contributed by atoms with Gasteiger partial charge in [0, 0.05) is 15.6 Å². The zero-order chi connectivity index (χ0) is 20.1. The van der Waals surface area contributed by atoms with E-state index in [2.05, 4.69) is 15.5 Å². The van der Waals surface area contributed by atoms with Crippen molar-refractivity contribution in [2.75, 3.05) is 5.73 Å². The number of carbonyl (C=O) groups excluding carboxylic acids is 1. The quantitative estimate of drug-likeness (QED) is 0.435. The van der Waals surface area contributed by atoms with Crippen molar-refractivity contribution in [3.8, 4) is 5.75 Å². The summed E-state index contributed by atoms with van der Waals surface area (Å²) < 4.78 is 5.77. The summed E-state index contributed by atoms with van der Waals surface area (Å²) in [5.41, 5.74) is 10.1. The lowest BCUT2D eigenvalue weighted by atomic mass is 10.2. The first-order valence-corrected chi connectivity index (χ1v) is 9.73. The number of aromatic nitrogens is 1. The minimum atomic E-state index is -0.358. The second-order valence-corrected chi connectivity index (χ2v) is 7.57. The molecule has 2 aromatic carbocycles. The van der Waals surface area contributed by atoms with Crippen molar-refractivity contribution in [1.29, 1.82) is 0 Å². The van der Waals surface area contributed by atoms with Crippen LogP contribution in [0, 0.1) is 6.92 Å². The van der Waals surface area contributed by atoms with Gasteiger partial charge in [0.25, 0.3) is 5.91 Å². The number of nitrogens with one attached hydrogen (secondary N) is 1. The zero-order valence-electron chi connectivity index (χ0n) is 14.8. The summed E-state index contributed by atoms with van der Waals surface area (Å²) >= 11 is 13.4. The number of thiazole rings is 1. The highest BCUT2D eigenvalue weighted by Gasteiger charge is 2.13. The number of hydrogen-bond acceptors (Lipinski definition) is 6. The van der Waals surface area contributed by atoms with Gasteiger partial charge in [-0.15, -0.1) is 0 Å². The number of nitrogens with zero attached hydrogens (tertiary/aromatic N) is 2. The number of halogens is 2. The highest BCUT2D eigenvalue weighted by molar-refractivity contribution is 7.17. The van der Waals surface area contributed by atoms with Gasteiger partial charge < -0.3 is 10.5 Å². The Kier molecular flexibility index (Phi) is 6.51. The predicted octanol–water partition coefficient (Wildman–Crippen LogP) is 4.68. The molecule has 3 N–H and O–H groups in total. The molecular weight excluding hydrogens is 419 g/mol. The van der Waals surface area contributed by atoms with E-state index < -0.39 is 0 Å². The van der Waals surface area contributed by atoms with Crippen molar-refractivity contribution in [3.05, 3.63) is 74.2 Å². The molecule has 0 aliphatic carbocycles. The smallest absolute Gasteiger partial charge is 0.283 e. The lowest BCUT2D eigenvalue weighted by molar-refractivity contribution is 0.0958. The maximum Gasteiger partial charge on any atom is 0.283 e. The number of ether oxygens (including phenoxy) is 1. The Labute approximate surface area is 176 Å². The number of nitrogens with two attached hydrogens (primary N) is 1. The van der Waals surface area contributed by atoms with Crippen molar-refractivity contribution in [1.82, 2.24) is 10.4 Å². The Morgan fingerprint density at radius 1 is 1.29 bits per heavy atom. The number of hydrazone groups is 1. The number of rotatable bonds is 6. The minimum Gasteiger partial charge on any atom is -0.489 e. The van der Waals surface area contributed by atoms with Gasteiger partial charge in [0.05, 0.1) is 11.9 Å². The molecule has 0 aliphatic rings. The van der Waals surface area contributed by atoms with Crippen LogP contribution in [0.1, 0.15) is 26.5 Å². The summed E-state index contributed by atoms with van der Waals surface area (Å²) in [5, 5.41) is 5.41. The first kappa shape index (κ1) is 20.1. The highest BCUT2D eigenvalue weighted by atomic mass is 35.5. The Morgan fingerprint density at radius 3 is 2.68 bits per heavy atom. The van der Waals surface area contributed by atoms with E-state index >= 15 is 0 Å². The van der Waals surface area contributed by atoms with Gasteiger partial charge in [-0.1, -0.05) is 52.7 Å². The number of aryl methyl sites for hydroxylation is 1. The number of benzene rings is 2. The highest BCUT2D eigenvalue weighted by Crippen LogP contribution is 2.26. The van der Waals surface area contributed by atoms with E-state index in [1.54, 1.807) is 31.2 Å². The fourth-order valence-corrected chi connectivity index (χ4v) is 3.58. The van der Waals surface area contributed by atoms with Crippen LogP contribution in [-0.4, -0.2) is 17.1 Å². The molecule has 0 atom stereocenters. The Bertz CT molecular complexity index is 1020. The standard InChI is InChI=1S/C19H16Cl2N4O2S/c1-11-17(28-19(22)24-11)18(26)25-23-9-12-4-2-5-13(8-12)27-10-14-15(20)6-3-7-16(14)21/h2-9H,10H2,1H3,(H2,22,24)(H,25,26)/b23-9-. The molecule has 1 amide bonds. The van der Waals surface area contributed by atoms with Gasteiger partial charge in [-0.2, -0.15) is 5.10 Å². The van der Waals surface area contributed by atoms with E-state index in [1.807, 2.05) is 18.2 Å². The van der Waals surface area contributed by atoms with Gasteiger partial charge in [-0.3, -0.25) is 4.79 Å². The molecule has 0 bridgehead atoms. The van der Waals surface area contributed by atoms with Crippen LogP contribution in [-0.2, 0) is 6.61 Å². The number of anilines is 1. The third kappa shape index (κ3) is 5.01. The predicted molar refractivity (Wildman–Crippen MR) is 114 cm³/mol. The van der Waals surface area contributed by atoms with E-state index in [1.165, 1.54) is 6.21 Å². The van der Waals surface area contributed by atoms with Crippen molar-refractivity contribution in [2.24, 2.45) is 5.10 Å². The summed E-state index contributed by atoms with van der Waals surface area (Å²) in [7, 11) is 0. The van der Waals surface area contributed by atoms with Crippen LogP contribution in [0.2, 0.25) is 10.0 Å². The molecule has 28 heavy (non-hydrogen) atoms. The van der Waals surface area contributed by atoms with Crippen LogP contribution >= 0.6 is 34.5 Å². The molecule has 0 fully saturated rings. The van der Waals surface area contributed by atoms with Crippen LogP contribution in [0.3, 0.4) is 0 Å². The molecule has 3 rings (SSSR count). The molecule has 6 nitrogen and oxygen atoms in total. The van der Waals surface area contributed by atoms with Crippen LogP contribution < -0.4 is 15.9 Å². The number of carbonyl (C=O) groups is 1. The molecule has 0 spiro atoms. The average Bonchev–Trinajstić information content (AvgIpc) is 3.00. The van der Waals surface area contributed by atoms with Crippen molar-refractivity contribution in [2.45, 2.75) is 13.5 Å². The third-order valence-electron chi connectivity index (χ3n) is 3.70. The Balaban J connectivity index is 1.62. The van der Waals surface area contributed by atoms with Gasteiger partial charge >= 0.3 is 0 Å². The molecule has 3 aromatic rings. The van der Waals surface area contributed by atoms with Gasteiger partial charge in [-0.25, -0.2) is 10.4 Å². The first-order valence-electron chi connectivity index (χ1n) is 8.16. The SMILES string of the molecule is Cc1nc(N)sc1C(=O)N/N=C\c1cccc(OCc2c(Cl)cccc2Cl)c1. The van der Waals surface area contributed by atoms with Crippen LogP contribution in [0.4, 0.5) is 5.13 Å². The second kappa shape index (κ2) is 9.05. The summed E-state index contributed by atoms with van der Waals surface area (Å²) in [4.78, 5) is 16.5. The minimum absolute atomic E-state index is 0.238. The molecule has 0 saturated carbocycles. The van der Waals surface area contributed by atoms with Crippen molar-refractivity contribution >= 4 is 51.8 Å². The molecule has 0 radical (unpaired) electrons. The fraction of sp³-hybridized carbons (Fsp3) is 0.105. The molecule has 0 unspecified atom stereocenters. The van der Waals surface area contributed by atoms with Crippen LogP contribution in [0.5, 0.6) is 5.75 Å². The second-order valence-electron chi connectivity index (χ2n) is 5.73. The lowest BCUT2D eigenvalue weighted by Crippen LogP contribution is -2.17.